The number of nitrogens with one attached hydrogen (secondary N) is 2. The molecule has 0 radical (unpaired) electrons. The molecule has 0 saturated carbocycles. The second kappa shape index (κ2) is 5.51. The van der Waals surface area contributed by atoms with Gasteiger partial charge in [0.05, 0.1) is 0 Å². The molecule has 0 aliphatic carbocycles. The van der Waals surface area contributed by atoms with Crippen LogP contribution in [0, 0.1) is 0 Å². The van der Waals surface area contributed by atoms with Gasteiger partial charge in [0.25, 0.3) is 5.91 Å². The number of amides is 1. The van der Waals surface area contributed by atoms with Crippen LogP contribution in [0.15, 0.2) is 17.2 Å². The molecule has 1 aromatic heterocycles. The van der Waals surface area contributed by atoms with Crippen LogP contribution in [-0.2, 0) is 17.1 Å². The van der Waals surface area contributed by atoms with E-state index in [4.69, 9.17) is 5.73 Å². The highest BCUT2D eigenvalue weighted by molar-refractivity contribution is 7.89. The van der Waals surface area contributed by atoms with Crippen molar-refractivity contribution in [2.45, 2.75) is 17.9 Å². The Morgan fingerprint density at radius 1 is 1.56 bits per heavy atom. The lowest BCUT2D eigenvalue weighted by Crippen LogP contribution is -2.37. The summed E-state index contributed by atoms with van der Waals surface area (Å²) < 4.78 is 27.8. The van der Waals surface area contributed by atoms with Crippen molar-refractivity contribution in [3.63, 3.8) is 0 Å². The SMILES string of the molecule is CNC(=O)c1cc(S(=O)(=O)N[C@H](C)CN)cn1C. The Kier molecular flexibility index (Phi) is 4.49. The second-order valence-corrected chi connectivity index (χ2v) is 5.72. The van der Waals surface area contributed by atoms with Crippen LogP contribution in [0.5, 0.6) is 0 Å². The van der Waals surface area contributed by atoms with Gasteiger partial charge in [-0.25, -0.2) is 13.1 Å². The van der Waals surface area contributed by atoms with E-state index in [0.29, 0.717) is 0 Å². The van der Waals surface area contributed by atoms with Crippen LogP contribution in [0.25, 0.3) is 0 Å². The van der Waals surface area contributed by atoms with Crippen molar-refractivity contribution in [2.24, 2.45) is 12.8 Å². The molecular weight excluding hydrogens is 256 g/mol. The zero-order valence-corrected chi connectivity index (χ0v) is 11.4. The molecule has 0 bridgehead atoms. The van der Waals surface area contributed by atoms with E-state index >= 15 is 0 Å². The van der Waals surface area contributed by atoms with E-state index in [2.05, 4.69) is 10.0 Å². The highest BCUT2D eigenvalue weighted by Gasteiger charge is 2.21. The fourth-order valence-electron chi connectivity index (χ4n) is 1.42. The first kappa shape index (κ1) is 14.7. The van der Waals surface area contributed by atoms with Crippen LogP contribution in [0.3, 0.4) is 0 Å². The molecule has 1 rings (SSSR count). The summed E-state index contributed by atoms with van der Waals surface area (Å²) >= 11 is 0. The Labute approximate surface area is 106 Å². The predicted molar refractivity (Wildman–Crippen MR) is 67.6 cm³/mol. The Balaban J connectivity index is 3.08. The summed E-state index contributed by atoms with van der Waals surface area (Å²) in [5, 5.41) is 2.44. The van der Waals surface area contributed by atoms with Crippen molar-refractivity contribution in [1.82, 2.24) is 14.6 Å². The van der Waals surface area contributed by atoms with Crippen LogP contribution in [0.4, 0.5) is 0 Å². The lowest BCUT2D eigenvalue weighted by molar-refractivity contribution is 0.0955. The van der Waals surface area contributed by atoms with Gasteiger partial charge in [-0.15, -0.1) is 0 Å². The lowest BCUT2D eigenvalue weighted by atomic mass is 10.4. The molecule has 1 atom stereocenters. The second-order valence-electron chi connectivity index (χ2n) is 4.01. The fourth-order valence-corrected chi connectivity index (χ4v) is 2.74. The molecule has 0 aliphatic heterocycles. The minimum Gasteiger partial charge on any atom is -0.354 e. The quantitative estimate of drug-likeness (QED) is 0.641. The molecule has 0 saturated heterocycles. The van der Waals surface area contributed by atoms with Crippen LogP contribution in [-0.4, -0.2) is 38.5 Å². The van der Waals surface area contributed by atoms with E-state index in [1.807, 2.05) is 0 Å². The smallest absolute Gasteiger partial charge is 0.267 e. The molecule has 18 heavy (non-hydrogen) atoms. The third-order valence-electron chi connectivity index (χ3n) is 2.46. The van der Waals surface area contributed by atoms with Gasteiger partial charge < -0.3 is 15.6 Å². The van der Waals surface area contributed by atoms with Crippen molar-refractivity contribution < 1.29 is 13.2 Å². The number of nitrogens with zero attached hydrogens (tertiary/aromatic N) is 1. The van der Waals surface area contributed by atoms with Crippen LogP contribution in [0.1, 0.15) is 17.4 Å². The molecule has 4 N–H and O–H groups in total. The van der Waals surface area contributed by atoms with Gasteiger partial charge in [0.1, 0.15) is 10.6 Å². The first-order valence-electron chi connectivity index (χ1n) is 5.42. The number of carbonyl (C=O) groups is 1. The summed E-state index contributed by atoms with van der Waals surface area (Å²) in [6, 6.07) is 0.961. The number of sulfonamides is 1. The number of nitrogens with two attached hydrogens (primary N) is 1. The molecule has 0 aromatic carbocycles. The first-order chi connectivity index (χ1) is 8.31. The minimum atomic E-state index is -3.65. The van der Waals surface area contributed by atoms with Crippen LogP contribution < -0.4 is 15.8 Å². The summed E-state index contributed by atoms with van der Waals surface area (Å²) in [7, 11) is -0.554. The Bertz CT molecular complexity index is 535. The number of aromatic nitrogens is 1. The molecule has 0 spiro atoms. The van der Waals surface area contributed by atoms with Gasteiger partial charge in [0.2, 0.25) is 10.0 Å². The summed E-state index contributed by atoms with van der Waals surface area (Å²) in [4.78, 5) is 11.5. The normalized spacial score (nSPS) is 13.3. The third kappa shape index (κ3) is 3.09. The maximum atomic E-state index is 12.0. The summed E-state index contributed by atoms with van der Waals surface area (Å²) in [6.45, 7) is 1.87. The summed E-state index contributed by atoms with van der Waals surface area (Å²) in [6.07, 6.45) is 1.39. The molecule has 1 aromatic rings. The van der Waals surface area contributed by atoms with Gasteiger partial charge in [0, 0.05) is 32.9 Å². The predicted octanol–water partition coefficient (Wildman–Crippen LogP) is -0.990. The monoisotopic (exact) mass is 274 g/mol. The first-order valence-corrected chi connectivity index (χ1v) is 6.91. The average molecular weight is 274 g/mol. The van der Waals surface area contributed by atoms with Crippen molar-refractivity contribution in [3.05, 3.63) is 18.0 Å². The Morgan fingerprint density at radius 2 is 2.17 bits per heavy atom. The van der Waals surface area contributed by atoms with E-state index in [0.717, 1.165) is 0 Å². The van der Waals surface area contributed by atoms with Gasteiger partial charge in [-0.05, 0) is 13.0 Å². The third-order valence-corrected chi connectivity index (χ3v) is 4.02. The molecule has 0 aliphatic rings. The standard InChI is InChI=1S/C10H18N4O3S/c1-7(5-11)13-18(16,17)8-4-9(10(15)12-2)14(3)6-8/h4,6-7,13H,5,11H2,1-3H3,(H,12,15)/t7-/m1/s1. The zero-order chi connectivity index (χ0) is 13.9. The van der Waals surface area contributed by atoms with Crippen LogP contribution >= 0.6 is 0 Å². The number of rotatable bonds is 5. The molecule has 8 heteroatoms. The zero-order valence-electron chi connectivity index (χ0n) is 10.6. The lowest BCUT2D eigenvalue weighted by Gasteiger charge is -2.10. The van der Waals surface area contributed by atoms with E-state index in [-0.39, 0.29) is 29.1 Å². The largest absolute Gasteiger partial charge is 0.354 e. The topological polar surface area (TPSA) is 106 Å². The molecule has 0 fully saturated rings. The van der Waals surface area contributed by atoms with Gasteiger partial charge in [-0.2, -0.15) is 0 Å². The van der Waals surface area contributed by atoms with Crippen molar-refractivity contribution in [2.75, 3.05) is 13.6 Å². The summed E-state index contributed by atoms with van der Waals surface area (Å²) in [5.74, 6) is -0.342. The number of hydrogen-bond donors (Lipinski definition) is 3. The molecule has 1 amide bonds. The fraction of sp³-hybridized carbons (Fsp3) is 0.500. The average Bonchev–Trinajstić information content (AvgIpc) is 2.70. The molecule has 102 valence electrons. The van der Waals surface area contributed by atoms with Gasteiger partial charge >= 0.3 is 0 Å². The molecule has 7 nitrogen and oxygen atoms in total. The highest BCUT2D eigenvalue weighted by Crippen LogP contribution is 2.13. The Hall–Kier alpha value is -1.38. The highest BCUT2D eigenvalue weighted by atomic mass is 32.2. The van der Waals surface area contributed by atoms with E-state index < -0.39 is 10.0 Å². The van der Waals surface area contributed by atoms with E-state index in [9.17, 15) is 13.2 Å². The van der Waals surface area contributed by atoms with E-state index in [1.54, 1.807) is 14.0 Å². The van der Waals surface area contributed by atoms with Gasteiger partial charge in [-0.3, -0.25) is 4.79 Å². The van der Waals surface area contributed by atoms with E-state index in [1.165, 1.54) is 23.9 Å². The maximum Gasteiger partial charge on any atom is 0.267 e. The molecule has 1 heterocycles. The van der Waals surface area contributed by atoms with Gasteiger partial charge in [-0.1, -0.05) is 0 Å². The van der Waals surface area contributed by atoms with Crippen molar-refractivity contribution in [1.29, 1.82) is 0 Å². The number of aryl methyl sites for hydroxylation is 1. The maximum absolute atomic E-state index is 12.0. The van der Waals surface area contributed by atoms with Crippen molar-refractivity contribution >= 4 is 15.9 Å². The van der Waals surface area contributed by atoms with Crippen LogP contribution in [0.2, 0.25) is 0 Å². The number of hydrogen-bond acceptors (Lipinski definition) is 4. The molecule has 0 unspecified atom stereocenters. The summed E-state index contributed by atoms with van der Waals surface area (Å²) in [5.41, 5.74) is 5.64. The number of carbonyl (C=O) groups excluding carboxylic acids is 1. The van der Waals surface area contributed by atoms with Gasteiger partial charge in [0.15, 0.2) is 0 Å². The Morgan fingerprint density at radius 3 is 2.67 bits per heavy atom. The van der Waals surface area contributed by atoms with Crippen molar-refractivity contribution in [3.8, 4) is 0 Å². The minimum absolute atomic E-state index is 0.0453. The molecular formula is C10H18N4O3S.